The van der Waals surface area contributed by atoms with Crippen LogP contribution in [-0.4, -0.2) is 49.3 Å². The van der Waals surface area contributed by atoms with E-state index in [0.717, 1.165) is 6.42 Å². The molecule has 8 heteroatoms. The molecule has 0 spiro atoms. The molecule has 1 aliphatic rings. The maximum Gasteiger partial charge on any atom is 0.217 e. The average molecular weight is 387 g/mol. The molecule has 3 rings (SSSR count). The molecular formula is C19H21N3O4S. The topological polar surface area (TPSA) is 92.5 Å². The minimum Gasteiger partial charge on any atom is -0.492 e. The Kier molecular flexibility index (Phi) is 6.27. The zero-order valence-corrected chi connectivity index (χ0v) is 15.6. The van der Waals surface area contributed by atoms with E-state index in [0.29, 0.717) is 30.2 Å². The van der Waals surface area contributed by atoms with E-state index in [2.05, 4.69) is 4.98 Å². The number of benzene rings is 1. The number of piperidine rings is 1. The molecule has 0 amide bonds. The predicted molar refractivity (Wildman–Crippen MR) is 99.9 cm³/mol. The van der Waals surface area contributed by atoms with Crippen LogP contribution in [0.2, 0.25) is 0 Å². The summed E-state index contributed by atoms with van der Waals surface area (Å²) in [6, 6.07) is 14.3. The summed E-state index contributed by atoms with van der Waals surface area (Å²) in [5.74, 6) is 0.901. The maximum atomic E-state index is 12.6. The summed E-state index contributed by atoms with van der Waals surface area (Å²) in [5.41, 5.74) is 0.457. The SMILES string of the molecule is N#Cc1ccnc(OC2CCCN(S(=O)(=O)CCOc3ccccc3)C2)c1. The number of ether oxygens (including phenoxy) is 2. The van der Waals surface area contributed by atoms with Gasteiger partial charge in [-0.3, -0.25) is 0 Å². The van der Waals surface area contributed by atoms with Gasteiger partial charge in [0.25, 0.3) is 0 Å². The molecule has 1 unspecified atom stereocenters. The Labute approximate surface area is 159 Å². The van der Waals surface area contributed by atoms with Crippen LogP contribution in [0.5, 0.6) is 11.6 Å². The van der Waals surface area contributed by atoms with E-state index in [1.54, 1.807) is 24.3 Å². The van der Waals surface area contributed by atoms with Gasteiger partial charge in [0.05, 0.1) is 23.9 Å². The number of para-hydroxylation sites is 1. The van der Waals surface area contributed by atoms with Crippen molar-refractivity contribution >= 4 is 10.0 Å². The van der Waals surface area contributed by atoms with Crippen LogP contribution in [0, 0.1) is 11.3 Å². The molecule has 0 bridgehead atoms. The predicted octanol–water partition coefficient (Wildman–Crippen LogP) is 2.21. The van der Waals surface area contributed by atoms with E-state index in [4.69, 9.17) is 14.7 Å². The Morgan fingerprint density at radius 2 is 2.07 bits per heavy atom. The Morgan fingerprint density at radius 1 is 1.26 bits per heavy atom. The average Bonchev–Trinajstić information content (AvgIpc) is 2.69. The van der Waals surface area contributed by atoms with Crippen molar-refractivity contribution in [2.24, 2.45) is 0 Å². The third-order valence-electron chi connectivity index (χ3n) is 4.24. The van der Waals surface area contributed by atoms with Crippen LogP contribution in [0.1, 0.15) is 18.4 Å². The lowest BCUT2D eigenvalue weighted by atomic mass is 10.1. The molecule has 1 aliphatic heterocycles. The van der Waals surface area contributed by atoms with Gasteiger partial charge in [-0.2, -0.15) is 9.57 Å². The highest BCUT2D eigenvalue weighted by atomic mass is 32.2. The van der Waals surface area contributed by atoms with Gasteiger partial charge in [-0.05, 0) is 31.0 Å². The Hall–Kier alpha value is -2.63. The number of hydrogen-bond acceptors (Lipinski definition) is 6. The van der Waals surface area contributed by atoms with Gasteiger partial charge in [-0.15, -0.1) is 0 Å². The number of hydrogen-bond donors (Lipinski definition) is 0. The van der Waals surface area contributed by atoms with E-state index in [-0.39, 0.29) is 25.0 Å². The van der Waals surface area contributed by atoms with Crippen LogP contribution in [0.15, 0.2) is 48.7 Å². The van der Waals surface area contributed by atoms with Gasteiger partial charge < -0.3 is 9.47 Å². The second-order valence-corrected chi connectivity index (χ2v) is 8.30. The molecule has 1 aromatic carbocycles. The van der Waals surface area contributed by atoms with Crippen LogP contribution in [0.25, 0.3) is 0 Å². The van der Waals surface area contributed by atoms with Crippen molar-refractivity contribution in [2.75, 3.05) is 25.4 Å². The standard InChI is InChI=1S/C19H21N3O4S/c20-14-16-8-9-21-19(13-16)26-18-7-4-10-22(15-18)27(23,24)12-11-25-17-5-2-1-3-6-17/h1-3,5-6,8-9,13,18H,4,7,10-12,15H2. The normalized spacial score (nSPS) is 17.8. The summed E-state index contributed by atoms with van der Waals surface area (Å²) in [5, 5.41) is 8.95. The molecule has 2 heterocycles. The fourth-order valence-electron chi connectivity index (χ4n) is 2.88. The maximum absolute atomic E-state index is 12.6. The number of nitrogens with zero attached hydrogens (tertiary/aromatic N) is 3. The lowest BCUT2D eigenvalue weighted by Gasteiger charge is -2.31. The Morgan fingerprint density at radius 3 is 2.85 bits per heavy atom. The van der Waals surface area contributed by atoms with E-state index < -0.39 is 10.0 Å². The molecule has 142 valence electrons. The van der Waals surface area contributed by atoms with Crippen molar-refractivity contribution in [2.45, 2.75) is 18.9 Å². The third kappa shape index (κ3) is 5.42. The Bertz CT molecular complexity index is 897. The van der Waals surface area contributed by atoms with E-state index in [9.17, 15) is 8.42 Å². The van der Waals surface area contributed by atoms with Gasteiger partial charge in [0.15, 0.2) is 0 Å². The van der Waals surface area contributed by atoms with E-state index in [1.807, 2.05) is 24.3 Å². The highest BCUT2D eigenvalue weighted by Gasteiger charge is 2.30. The molecule has 0 N–H and O–H groups in total. The number of nitriles is 1. The molecule has 2 aromatic rings. The highest BCUT2D eigenvalue weighted by Crippen LogP contribution is 2.20. The van der Waals surface area contributed by atoms with Crippen LogP contribution in [-0.2, 0) is 10.0 Å². The minimum atomic E-state index is -3.44. The monoisotopic (exact) mass is 387 g/mol. The number of aromatic nitrogens is 1. The summed E-state index contributed by atoms with van der Waals surface area (Å²) in [6.07, 6.45) is 2.67. The fourth-order valence-corrected chi connectivity index (χ4v) is 4.23. The summed E-state index contributed by atoms with van der Waals surface area (Å²) in [7, 11) is -3.44. The molecule has 27 heavy (non-hydrogen) atoms. The van der Waals surface area contributed by atoms with Crippen LogP contribution >= 0.6 is 0 Å². The van der Waals surface area contributed by atoms with E-state index >= 15 is 0 Å². The van der Waals surface area contributed by atoms with Crippen molar-refractivity contribution in [3.63, 3.8) is 0 Å². The lowest BCUT2D eigenvalue weighted by Crippen LogP contribution is -2.45. The largest absolute Gasteiger partial charge is 0.492 e. The molecule has 0 radical (unpaired) electrons. The van der Waals surface area contributed by atoms with Gasteiger partial charge >= 0.3 is 0 Å². The first kappa shape index (κ1) is 19.1. The molecule has 7 nitrogen and oxygen atoms in total. The van der Waals surface area contributed by atoms with Crippen LogP contribution in [0.3, 0.4) is 0 Å². The molecule has 1 aromatic heterocycles. The number of rotatable bonds is 7. The number of pyridine rings is 1. The summed E-state index contributed by atoms with van der Waals surface area (Å²) < 4.78 is 38.0. The molecule has 1 fully saturated rings. The van der Waals surface area contributed by atoms with Crippen LogP contribution in [0.4, 0.5) is 0 Å². The quantitative estimate of drug-likeness (QED) is 0.723. The van der Waals surface area contributed by atoms with Crippen molar-refractivity contribution in [3.8, 4) is 17.7 Å². The van der Waals surface area contributed by atoms with Crippen molar-refractivity contribution in [3.05, 3.63) is 54.2 Å². The number of sulfonamides is 1. The first-order chi connectivity index (χ1) is 13.1. The zero-order chi connectivity index (χ0) is 19.1. The smallest absolute Gasteiger partial charge is 0.217 e. The van der Waals surface area contributed by atoms with Gasteiger partial charge in [0, 0.05) is 18.8 Å². The molecular weight excluding hydrogens is 366 g/mol. The highest BCUT2D eigenvalue weighted by molar-refractivity contribution is 7.89. The van der Waals surface area contributed by atoms with Gasteiger partial charge in [-0.25, -0.2) is 13.4 Å². The third-order valence-corrected chi connectivity index (χ3v) is 6.04. The first-order valence-electron chi connectivity index (χ1n) is 8.75. The second-order valence-electron chi connectivity index (χ2n) is 6.21. The summed E-state index contributed by atoms with van der Waals surface area (Å²) >= 11 is 0. The van der Waals surface area contributed by atoms with Crippen molar-refractivity contribution < 1.29 is 17.9 Å². The Balaban J connectivity index is 1.55. The van der Waals surface area contributed by atoms with E-state index in [1.165, 1.54) is 10.5 Å². The molecule has 0 saturated carbocycles. The second kappa shape index (κ2) is 8.84. The molecule has 1 atom stereocenters. The summed E-state index contributed by atoms with van der Waals surface area (Å²) in [6.45, 7) is 0.839. The molecule has 1 saturated heterocycles. The fraction of sp³-hybridized carbons (Fsp3) is 0.368. The van der Waals surface area contributed by atoms with Crippen molar-refractivity contribution in [1.29, 1.82) is 5.26 Å². The minimum absolute atomic E-state index is 0.0865. The van der Waals surface area contributed by atoms with Crippen LogP contribution < -0.4 is 9.47 Å². The lowest BCUT2D eigenvalue weighted by molar-refractivity contribution is 0.124. The molecule has 0 aliphatic carbocycles. The first-order valence-corrected chi connectivity index (χ1v) is 10.4. The van der Waals surface area contributed by atoms with Gasteiger partial charge in [-0.1, -0.05) is 18.2 Å². The van der Waals surface area contributed by atoms with Gasteiger partial charge in [0.2, 0.25) is 15.9 Å². The van der Waals surface area contributed by atoms with Gasteiger partial charge in [0.1, 0.15) is 18.5 Å². The summed E-state index contributed by atoms with van der Waals surface area (Å²) in [4.78, 5) is 4.09. The van der Waals surface area contributed by atoms with Crippen molar-refractivity contribution in [1.82, 2.24) is 9.29 Å². The zero-order valence-electron chi connectivity index (χ0n) is 14.8.